The third-order valence-electron chi connectivity index (χ3n) is 5.03. The first-order valence-electron chi connectivity index (χ1n) is 9.16. The highest BCUT2D eigenvalue weighted by Crippen LogP contribution is 2.44. The molecule has 2 aliphatic rings. The number of carbonyl (C=O) groups excluding carboxylic acids is 3. The predicted molar refractivity (Wildman–Crippen MR) is 96.2 cm³/mol. The average Bonchev–Trinajstić information content (AvgIpc) is 3.39. The van der Waals surface area contributed by atoms with Crippen LogP contribution in [0.25, 0.3) is 0 Å². The van der Waals surface area contributed by atoms with Crippen LogP contribution in [0.3, 0.4) is 0 Å². The lowest BCUT2D eigenvalue weighted by Gasteiger charge is -2.30. The van der Waals surface area contributed by atoms with Gasteiger partial charge in [-0.15, -0.1) is 0 Å². The number of aliphatic carboxylic acids is 1. The molecule has 1 aliphatic carbocycles. The number of piperidine rings is 1. The largest absolute Gasteiger partial charge is 0.480 e. The summed E-state index contributed by atoms with van der Waals surface area (Å²) >= 11 is 0. The Balaban J connectivity index is 1.58. The molecular weight excluding hydrogens is 366 g/mol. The zero-order valence-electron chi connectivity index (χ0n) is 15.6. The molecule has 1 aliphatic heterocycles. The van der Waals surface area contributed by atoms with E-state index in [1.54, 1.807) is 18.3 Å². The number of amides is 2. The number of ether oxygens (including phenoxy) is 1. The van der Waals surface area contributed by atoms with E-state index in [9.17, 15) is 19.2 Å². The van der Waals surface area contributed by atoms with Crippen LogP contribution in [0.1, 0.15) is 31.7 Å². The van der Waals surface area contributed by atoms with E-state index in [0.717, 1.165) is 18.4 Å². The first-order valence-corrected chi connectivity index (χ1v) is 9.16. The predicted octanol–water partition coefficient (Wildman–Crippen LogP) is 0.379. The van der Waals surface area contributed by atoms with Gasteiger partial charge in [0.2, 0.25) is 17.7 Å². The van der Waals surface area contributed by atoms with Gasteiger partial charge >= 0.3 is 5.97 Å². The number of likely N-dealkylation sites (tertiary alicyclic amines) is 1. The standard InChI is InChI=1S/C19H23N3O6/c1-19(5-6-19)11-28-14-3-2-12(8-20-14)10-22-7-4-13(23)16(18(22)27)17(26)21-9-15(24)25/h2-3,8,16H,4-7,9-11H2,1H3,(H,21,26)(H,24,25). The van der Waals surface area contributed by atoms with Gasteiger partial charge in [-0.2, -0.15) is 0 Å². The number of Topliss-reactive ketones (excluding diaryl/α,β-unsaturated/α-hetero) is 1. The van der Waals surface area contributed by atoms with Crippen molar-refractivity contribution in [2.24, 2.45) is 11.3 Å². The number of carbonyl (C=O) groups is 4. The summed E-state index contributed by atoms with van der Waals surface area (Å²) in [5, 5.41) is 10.7. The van der Waals surface area contributed by atoms with Crippen molar-refractivity contribution < 1.29 is 29.0 Å². The summed E-state index contributed by atoms with van der Waals surface area (Å²) in [6.45, 7) is 2.56. The van der Waals surface area contributed by atoms with Crippen LogP contribution in [-0.4, -0.2) is 58.3 Å². The van der Waals surface area contributed by atoms with Crippen molar-refractivity contribution >= 4 is 23.6 Å². The zero-order valence-corrected chi connectivity index (χ0v) is 15.6. The van der Waals surface area contributed by atoms with Gasteiger partial charge in [0.15, 0.2) is 11.7 Å². The fraction of sp³-hybridized carbons (Fsp3) is 0.526. The number of nitrogens with zero attached hydrogens (tertiary/aromatic N) is 2. The average molecular weight is 389 g/mol. The molecule has 2 amide bonds. The Hall–Kier alpha value is -2.97. The Morgan fingerprint density at radius 3 is 2.71 bits per heavy atom. The van der Waals surface area contributed by atoms with Crippen molar-refractivity contribution in [3.8, 4) is 5.88 Å². The van der Waals surface area contributed by atoms with Gasteiger partial charge in [-0.1, -0.05) is 13.0 Å². The lowest BCUT2D eigenvalue weighted by Crippen LogP contribution is -2.52. The quantitative estimate of drug-likeness (QED) is 0.616. The molecule has 3 rings (SSSR count). The van der Waals surface area contributed by atoms with Crippen LogP contribution in [0.2, 0.25) is 0 Å². The fourth-order valence-corrected chi connectivity index (χ4v) is 2.92. The van der Waals surface area contributed by atoms with E-state index in [1.807, 2.05) is 0 Å². The highest BCUT2D eigenvalue weighted by atomic mass is 16.5. The van der Waals surface area contributed by atoms with Crippen LogP contribution in [-0.2, 0) is 25.7 Å². The number of aromatic nitrogens is 1. The first-order chi connectivity index (χ1) is 13.3. The monoisotopic (exact) mass is 389 g/mol. The summed E-state index contributed by atoms with van der Waals surface area (Å²) in [7, 11) is 0. The maximum absolute atomic E-state index is 12.6. The molecular formula is C19H23N3O6. The molecule has 1 atom stereocenters. The SMILES string of the molecule is CC1(COc2ccc(CN3CCC(=O)C(C(=O)NCC(=O)O)C3=O)cn2)CC1. The minimum atomic E-state index is -1.50. The number of hydrogen-bond acceptors (Lipinski definition) is 6. The van der Waals surface area contributed by atoms with Gasteiger partial charge in [0, 0.05) is 37.2 Å². The maximum atomic E-state index is 12.6. The normalized spacial score (nSPS) is 20.6. The lowest BCUT2D eigenvalue weighted by molar-refractivity contribution is -0.152. The Morgan fingerprint density at radius 1 is 1.36 bits per heavy atom. The summed E-state index contributed by atoms with van der Waals surface area (Å²) in [6.07, 6.45) is 3.96. The molecule has 2 heterocycles. The van der Waals surface area contributed by atoms with E-state index in [0.29, 0.717) is 12.5 Å². The van der Waals surface area contributed by atoms with E-state index >= 15 is 0 Å². The molecule has 1 aromatic heterocycles. The molecule has 9 nitrogen and oxygen atoms in total. The molecule has 0 spiro atoms. The van der Waals surface area contributed by atoms with Gasteiger partial charge in [0.25, 0.3) is 0 Å². The highest BCUT2D eigenvalue weighted by Gasteiger charge is 2.40. The number of hydrogen-bond donors (Lipinski definition) is 2. The molecule has 9 heteroatoms. The number of rotatable bonds is 8. The van der Waals surface area contributed by atoms with Crippen LogP contribution < -0.4 is 10.1 Å². The summed E-state index contributed by atoms with van der Waals surface area (Å²) in [5.41, 5.74) is 1.00. The van der Waals surface area contributed by atoms with Crippen molar-refractivity contribution in [1.29, 1.82) is 0 Å². The molecule has 1 saturated heterocycles. The molecule has 150 valence electrons. The fourth-order valence-electron chi connectivity index (χ4n) is 2.92. The number of nitrogens with one attached hydrogen (secondary N) is 1. The summed E-state index contributed by atoms with van der Waals surface area (Å²) in [5.74, 6) is -4.23. The summed E-state index contributed by atoms with van der Waals surface area (Å²) < 4.78 is 5.67. The van der Waals surface area contributed by atoms with Gasteiger partial charge in [-0.25, -0.2) is 4.98 Å². The lowest BCUT2D eigenvalue weighted by atomic mass is 9.94. The maximum Gasteiger partial charge on any atom is 0.322 e. The third-order valence-corrected chi connectivity index (χ3v) is 5.03. The van der Waals surface area contributed by atoms with E-state index in [4.69, 9.17) is 9.84 Å². The van der Waals surface area contributed by atoms with Crippen LogP contribution in [0.4, 0.5) is 0 Å². The van der Waals surface area contributed by atoms with E-state index < -0.39 is 36.0 Å². The van der Waals surface area contributed by atoms with Crippen molar-refractivity contribution in [3.05, 3.63) is 23.9 Å². The zero-order chi connectivity index (χ0) is 20.3. The van der Waals surface area contributed by atoms with Crippen LogP contribution in [0.5, 0.6) is 5.88 Å². The second kappa shape index (κ2) is 7.95. The first kappa shape index (κ1) is 19.8. The van der Waals surface area contributed by atoms with Crippen LogP contribution in [0, 0.1) is 11.3 Å². The van der Waals surface area contributed by atoms with Crippen molar-refractivity contribution in [2.45, 2.75) is 32.7 Å². The van der Waals surface area contributed by atoms with Gasteiger partial charge in [0.05, 0.1) is 6.61 Å². The van der Waals surface area contributed by atoms with E-state index in [1.165, 1.54) is 4.90 Å². The molecule has 0 radical (unpaired) electrons. The minimum Gasteiger partial charge on any atom is -0.480 e. The van der Waals surface area contributed by atoms with Gasteiger partial charge in [-0.05, 0) is 18.4 Å². The number of ketones is 1. The van der Waals surface area contributed by atoms with Gasteiger partial charge in [-0.3, -0.25) is 19.2 Å². The Morgan fingerprint density at radius 2 is 2.11 bits per heavy atom. The Labute approximate surface area is 162 Å². The smallest absolute Gasteiger partial charge is 0.322 e. The second-order valence-corrected chi connectivity index (χ2v) is 7.62. The molecule has 1 aromatic rings. The van der Waals surface area contributed by atoms with Crippen molar-refractivity contribution in [3.63, 3.8) is 0 Å². The molecule has 2 fully saturated rings. The molecule has 1 saturated carbocycles. The number of pyridine rings is 1. The topological polar surface area (TPSA) is 126 Å². The molecule has 0 bridgehead atoms. The van der Waals surface area contributed by atoms with Gasteiger partial charge < -0.3 is 20.1 Å². The summed E-state index contributed by atoms with van der Waals surface area (Å²) in [4.78, 5) is 52.9. The molecule has 0 aromatic carbocycles. The van der Waals surface area contributed by atoms with Gasteiger partial charge in [0.1, 0.15) is 6.54 Å². The third kappa shape index (κ3) is 4.85. The van der Waals surface area contributed by atoms with Crippen LogP contribution >= 0.6 is 0 Å². The van der Waals surface area contributed by atoms with E-state index in [2.05, 4.69) is 17.2 Å². The summed E-state index contributed by atoms with van der Waals surface area (Å²) in [6, 6.07) is 3.53. The Kier molecular flexibility index (Phi) is 5.62. The molecule has 2 N–H and O–H groups in total. The highest BCUT2D eigenvalue weighted by molar-refractivity contribution is 6.19. The van der Waals surface area contributed by atoms with E-state index in [-0.39, 0.29) is 24.9 Å². The van der Waals surface area contributed by atoms with Crippen molar-refractivity contribution in [2.75, 3.05) is 19.7 Å². The minimum absolute atomic E-state index is 0.0457. The molecule has 28 heavy (non-hydrogen) atoms. The number of carboxylic acids is 1. The van der Waals surface area contributed by atoms with Crippen LogP contribution in [0.15, 0.2) is 18.3 Å². The second-order valence-electron chi connectivity index (χ2n) is 7.62. The molecule has 1 unspecified atom stereocenters. The Bertz CT molecular complexity index is 787. The number of carboxylic acid groups (broad SMARTS) is 1. The van der Waals surface area contributed by atoms with Crippen molar-refractivity contribution in [1.82, 2.24) is 15.2 Å².